The summed E-state index contributed by atoms with van der Waals surface area (Å²) in [6, 6.07) is 9.56. The molecule has 3 aromatic rings. The quantitative estimate of drug-likeness (QED) is 0.688. The van der Waals surface area contributed by atoms with Crippen molar-refractivity contribution < 1.29 is 18.0 Å². The molecule has 5 nitrogen and oxygen atoms in total. The minimum absolute atomic E-state index is 0.0736. The first-order valence-electron chi connectivity index (χ1n) is 9.68. The topological polar surface area (TPSA) is 59.0 Å². The van der Waals surface area contributed by atoms with Crippen LogP contribution >= 0.6 is 0 Å². The smallest absolute Gasteiger partial charge is 0.254 e. The summed E-state index contributed by atoms with van der Waals surface area (Å²) in [6.45, 7) is 1.13. The van der Waals surface area contributed by atoms with Crippen molar-refractivity contribution in [2.45, 2.75) is 18.4 Å². The fraction of sp³-hybridized carbons (Fsp3) is 0.273. The molecule has 1 aliphatic heterocycles. The van der Waals surface area contributed by atoms with Crippen molar-refractivity contribution in [2.24, 2.45) is 7.05 Å². The van der Waals surface area contributed by atoms with Crippen LogP contribution in [-0.4, -0.2) is 34.8 Å². The van der Waals surface area contributed by atoms with E-state index >= 15 is 0 Å². The maximum atomic E-state index is 14.7. The summed E-state index contributed by atoms with van der Waals surface area (Å²) in [4.78, 5) is 12.8. The number of nitrogens with zero attached hydrogens (tertiary/aromatic N) is 2. The van der Waals surface area contributed by atoms with Crippen LogP contribution in [0.2, 0.25) is 0 Å². The lowest BCUT2D eigenvalue weighted by atomic mass is 9.85. The average molecular weight is 414 g/mol. The third-order valence-corrected chi connectivity index (χ3v) is 5.50. The monoisotopic (exact) mass is 414 g/mol. The van der Waals surface area contributed by atoms with E-state index in [4.69, 9.17) is 0 Å². The van der Waals surface area contributed by atoms with Gasteiger partial charge in [-0.25, -0.2) is 13.2 Å². The highest BCUT2D eigenvalue weighted by atomic mass is 19.2. The van der Waals surface area contributed by atoms with Crippen LogP contribution in [0.3, 0.4) is 0 Å². The van der Waals surface area contributed by atoms with E-state index in [-0.39, 0.29) is 17.5 Å². The Bertz CT molecular complexity index is 1080. The number of nitrogens with one attached hydrogen (secondary N) is 2. The number of aryl methyl sites for hydroxylation is 1. The van der Waals surface area contributed by atoms with Gasteiger partial charge >= 0.3 is 0 Å². The molecular formula is C22H21F3N4O. The van der Waals surface area contributed by atoms with Crippen molar-refractivity contribution in [1.82, 2.24) is 20.4 Å². The Kier molecular flexibility index (Phi) is 5.59. The molecule has 2 aromatic carbocycles. The van der Waals surface area contributed by atoms with Crippen molar-refractivity contribution in [3.63, 3.8) is 0 Å². The van der Waals surface area contributed by atoms with E-state index < -0.39 is 23.4 Å². The van der Waals surface area contributed by atoms with Gasteiger partial charge in [0.25, 0.3) is 5.91 Å². The van der Waals surface area contributed by atoms with Gasteiger partial charge in [0.2, 0.25) is 0 Å². The third kappa shape index (κ3) is 3.95. The van der Waals surface area contributed by atoms with Gasteiger partial charge in [0.1, 0.15) is 5.82 Å². The summed E-state index contributed by atoms with van der Waals surface area (Å²) < 4.78 is 43.3. The summed E-state index contributed by atoms with van der Waals surface area (Å²) >= 11 is 0. The first-order valence-corrected chi connectivity index (χ1v) is 9.68. The van der Waals surface area contributed by atoms with Gasteiger partial charge in [-0.05, 0) is 48.9 Å². The molecule has 2 N–H and O–H groups in total. The molecule has 30 heavy (non-hydrogen) atoms. The molecule has 2 atom stereocenters. The van der Waals surface area contributed by atoms with Crippen molar-refractivity contribution in [1.29, 1.82) is 0 Å². The number of aromatic nitrogens is 2. The highest BCUT2D eigenvalue weighted by Crippen LogP contribution is 2.28. The molecule has 4 rings (SSSR count). The van der Waals surface area contributed by atoms with E-state index in [9.17, 15) is 18.0 Å². The third-order valence-electron chi connectivity index (χ3n) is 5.50. The van der Waals surface area contributed by atoms with Crippen LogP contribution in [0.15, 0.2) is 48.7 Å². The lowest BCUT2D eigenvalue weighted by Gasteiger charge is -2.33. The van der Waals surface area contributed by atoms with Gasteiger partial charge in [0, 0.05) is 37.3 Å². The highest BCUT2D eigenvalue weighted by Gasteiger charge is 2.29. The minimum Gasteiger partial charge on any atom is -0.347 e. The van der Waals surface area contributed by atoms with Gasteiger partial charge in [0.15, 0.2) is 11.6 Å². The number of hydrogen-bond donors (Lipinski definition) is 2. The molecule has 8 heteroatoms. The van der Waals surface area contributed by atoms with Crippen LogP contribution in [0.4, 0.5) is 13.2 Å². The highest BCUT2D eigenvalue weighted by molar-refractivity contribution is 5.95. The van der Waals surface area contributed by atoms with E-state index in [1.54, 1.807) is 30.1 Å². The van der Waals surface area contributed by atoms with Gasteiger partial charge < -0.3 is 10.6 Å². The average Bonchev–Trinajstić information content (AvgIpc) is 3.16. The van der Waals surface area contributed by atoms with E-state index in [0.717, 1.165) is 17.8 Å². The lowest BCUT2D eigenvalue weighted by Crippen LogP contribution is -2.50. The Morgan fingerprint density at radius 3 is 2.63 bits per heavy atom. The standard InChI is InChI=1S/C22H21F3N4O/c1-29-21(7-9-27-29)14-2-4-16(18(24)11-14)22(30)28-20-12-26-8-6-15(20)13-3-5-17(23)19(25)10-13/h2-5,7,9-11,15,20,26H,6,8,12H2,1H3,(H,28,30)/t15-,20+/m0/s1. The van der Waals surface area contributed by atoms with Gasteiger partial charge in [-0.3, -0.25) is 9.48 Å². The van der Waals surface area contributed by atoms with E-state index in [1.807, 2.05) is 0 Å². The molecule has 2 heterocycles. The first kappa shape index (κ1) is 20.2. The fourth-order valence-corrected chi connectivity index (χ4v) is 3.91. The molecule has 1 amide bonds. The zero-order chi connectivity index (χ0) is 21.3. The van der Waals surface area contributed by atoms with Crippen LogP contribution in [0.1, 0.15) is 28.3 Å². The molecule has 0 unspecified atom stereocenters. The predicted octanol–water partition coefficient (Wildman–Crippen LogP) is 3.38. The fourth-order valence-electron chi connectivity index (χ4n) is 3.91. The largest absolute Gasteiger partial charge is 0.347 e. The molecule has 1 fully saturated rings. The van der Waals surface area contributed by atoms with Gasteiger partial charge in [0.05, 0.1) is 11.3 Å². The van der Waals surface area contributed by atoms with Crippen molar-refractivity contribution >= 4 is 5.91 Å². The van der Waals surface area contributed by atoms with Crippen LogP contribution in [0.5, 0.6) is 0 Å². The second-order valence-corrected chi connectivity index (χ2v) is 7.39. The molecule has 0 bridgehead atoms. The molecule has 0 spiro atoms. The normalized spacial score (nSPS) is 18.9. The summed E-state index contributed by atoms with van der Waals surface area (Å²) in [6.07, 6.45) is 2.25. The molecule has 0 aliphatic carbocycles. The Balaban J connectivity index is 1.54. The molecule has 156 valence electrons. The molecule has 0 radical (unpaired) electrons. The zero-order valence-electron chi connectivity index (χ0n) is 16.3. The molecule has 1 saturated heterocycles. The Morgan fingerprint density at radius 2 is 1.93 bits per heavy atom. The minimum atomic E-state index is -0.923. The van der Waals surface area contributed by atoms with Crippen LogP contribution < -0.4 is 10.6 Å². The van der Waals surface area contributed by atoms with E-state index in [1.165, 1.54) is 18.2 Å². The molecular weight excluding hydrogens is 393 g/mol. The number of benzene rings is 2. The second-order valence-electron chi connectivity index (χ2n) is 7.39. The van der Waals surface area contributed by atoms with Crippen molar-refractivity contribution in [2.75, 3.05) is 13.1 Å². The van der Waals surface area contributed by atoms with Gasteiger partial charge in [-0.1, -0.05) is 12.1 Å². The van der Waals surface area contributed by atoms with Crippen LogP contribution in [0, 0.1) is 17.5 Å². The van der Waals surface area contributed by atoms with E-state index in [2.05, 4.69) is 15.7 Å². The summed E-state index contributed by atoms with van der Waals surface area (Å²) in [5.41, 5.74) is 1.88. The van der Waals surface area contributed by atoms with E-state index in [0.29, 0.717) is 30.6 Å². The second kappa shape index (κ2) is 8.31. The Labute approximate surface area is 171 Å². The molecule has 1 aromatic heterocycles. The maximum absolute atomic E-state index is 14.7. The maximum Gasteiger partial charge on any atom is 0.254 e. The SMILES string of the molecule is Cn1nccc1-c1ccc(C(=O)N[C@@H]2CNCC[C@H]2c2ccc(F)c(F)c2)c(F)c1. The number of carbonyl (C=O) groups is 1. The van der Waals surface area contributed by atoms with Crippen LogP contribution in [-0.2, 0) is 7.05 Å². The number of halogens is 3. The van der Waals surface area contributed by atoms with Crippen molar-refractivity contribution in [3.8, 4) is 11.3 Å². The summed E-state index contributed by atoms with van der Waals surface area (Å²) in [5, 5.41) is 10.1. The van der Waals surface area contributed by atoms with Gasteiger partial charge in [-0.15, -0.1) is 0 Å². The summed E-state index contributed by atoms with van der Waals surface area (Å²) in [5.74, 6) is -3.23. The lowest BCUT2D eigenvalue weighted by molar-refractivity contribution is 0.0920. The van der Waals surface area contributed by atoms with Crippen LogP contribution in [0.25, 0.3) is 11.3 Å². The molecule has 1 aliphatic rings. The Morgan fingerprint density at radius 1 is 1.10 bits per heavy atom. The first-order chi connectivity index (χ1) is 14.4. The number of amides is 1. The van der Waals surface area contributed by atoms with Crippen molar-refractivity contribution in [3.05, 3.63) is 77.2 Å². The number of carbonyl (C=O) groups excluding carboxylic acids is 1. The number of hydrogen-bond acceptors (Lipinski definition) is 3. The Hall–Kier alpha value is -3.13. The summed E-state index contributed by atoms with van der Waals surface area (Å²) in [7, 11) is 1.75. The van der Waals surface area contributed by atoms with Gasteiger partial charge in [-0.2, -0.15) is 5.10 Å². The molecule has 0 saturated carbocycles. The predicted molar refractivity (Wildman–Crippen MR) is 106 cm³/mol. The number of piperidine rings is 1. The number of rotatable bonds is 4. The zero-order valence-corrected chi connectivity index (χ0v) is 16.3.